The van der Waals surface area contributed by atoms with E-state index in [0.717, 1.165) is 18.3 Å². The lowest BCUT2D eigenvalue weighted by Crippen LogP contribution is -2.41. The van der Waals surface area contributed by atoms with Crippen LogP contribution in [0.4, 0.5) is 32.2 Å². The molecule has 0 aliphatic heterocycles. The van der Waals surface area contributed by atoms with Crippen LogP contribution in [0.3, 0.4) is 0 Å². The third kappa shape index (κ3) is 6.00. The van der Waals surface area contributed by atoms with Gasteiger partial charge in [-0.15, -0.1) is 0 Å². The Morgan fingerprint density at radius 1 is 1.11 bits per heavy atom. The molecule has 0 aromatic carbocycles. The van der Waals surface area contributed by atoms with Gasteiger partial charge in [0.15, 0.2) is 21.5 Å². The van der Waals surface area contributed by atoms with Gasteiger partial charge in [0.1, 0.15) is 5.69 Å². The summed E-state index contributed by atoms with van der Waals surface area (Å²) >= 11 is 0. The largest absolute Gasteiger partial charge is 0.471 e. The summed E-state index contributed by atoms with van der Waals surface area (Å²) in [6, 6.07) is 3.87. The van der Waals surface area contributed by atoms with E-state index >= 15 is 0 Å². The van der Waals surface area contributed by atoms with E-state index in [4.69, 9.17) is 0 Å². The Bertz CT molecular complexity index is 1350. The maximum Gasteiger partial charge on any atom is 0.471 e. The zero-order chi connectivity index (χ0) is 26.0. The average molecular weight is 520 g/mol. The Kier molecular flexibility index (Phi) is 6.96. The molecule has 3 rings (SSSR count). The summed E-state index contributed by atoms with van der Waals surface area (Å²) in [6.07, 6.45) is -5.87. The number of carbonyl (C=O) groups is 1. The Balaban J connectivity index is 2.21. The van der Waals surface area contributed by atoms with Crippen LogP contribution >= 0.6 is 0 Å². The number of halogens is 6. The number of nitrogens with one attached hydrogen (secondary N) is 1. The number of amides is 1. The first-order chi connectivity index (χ1) is 16.2. The molecule has 0 fully saturated rings. The second kappa shape index (κ2) is 9.44. The van der Waals surface area contributed by atoms with Gasteiger partial charge in [-0.2, -0.15) is 31.4 Å². The van der Waals surface area contributed by atoms with Gasteiger partial charge in [-0.25, -0.2) is 28.1 Å². The van der Waals surface area contributed by atoms with E-state index in [-0.39, 0.29) is 5.69 Å². The molecule has 1 amide bonds. The monoisotopic (exact) mass is 520 g/mol. The number of nitrogens with zero attached hydrogens (tertiary/aromatic N) is 5. The third-order valence-corrected chi connectivity index (χ3v) is 6.08. The van der Waals surface area contributed by atoms with Crippen molar-refractivity contribution in [3.63, 3.8) is 0 Å². The van der Waals surface area contributed by atoms with E-state index in [2.05, 4.69) is 20.1 Å². The van der Waals surface area contributed by atoms with Gasteiger partial charge in [0.25, 0.3) is 0 Å². The molecular formula is C19H14F6N6O3S. The molecule has 0 spiro atoms. The van der Waals surface area contributed by atoms with Crippen LogP contribution in [0.15, 0.2) is 58.9 Å². The van der Waals surface area contributed by atoms with Crippen LogP contribution in [0.25, 0.3) is 5.69 Å². The number of amidine groups is 1. The van der Waals surface area contributed by atoms with Crippen molar-refractivity contribution in [2.75, 3.05) is 5.75 Å². The molecule has 3 aromatic rings. The topological polar surface area (TPSA) is 119 Å². The highest BCUT2D eigenvalue weighted by Crippen LogP contribution is 2.29. The number of hydrogen-bond donors (Lipinski definition) is 1. The van der Waals surface area contributed by atoms with E-state index in [9.17, 15) is 39.6 Å². The highest BCUT2D eigenvalue weighted by Gasteiger charge is 2.40. The smallest absolute Gasteiger partial charge is 0.301 e. The second-order valence-electron chi connectivity index (χ2n) is 6.71. The predicted octanol–water partition coefficient (Wildman–Crippen LogP) is 3.23. The van der Waals surface area contributed by atoms with E-state index in [1.54, 1.807) is 0 Å². The SMILES string of the molecule is CCS(=O)(=O)c1cc(-n2cccn2)cnc1C(=Nc1ccc(C(F)(F)F)cn1)NC(=O)C(F)(F)F. The molecule has 0 aliphatic carbocycles. The molecule has 35 heavy (non-hydrogen) atoms. The molecular weight excluding hydrogens is 506 g/mol. The number of aromatic nitrogens is 4. The first kappa shape index (κ1) is 25.8. The molecule has 3 aromatic heterocycles. The van der Waals surface area contributed by atoms with Gasteiger partial charge in [0, 0.05) is 18.6 Å². The van der Waals surface area contributed by atoms with Crippen molar-refractivity contribution in [3.8, 4) is 5.69 Å². The summed E-state index contributed by atoms with van der Waals surface area (Å²) in [5.41, 5.74) is -1.71. The first-order valence-corrected chi connectivity index (χ1v) is 11.1. The van der Waals surface area contributed by atoms with Crippen LogP contribution in [0, 0.1) is 0 Å². The van der Waals surface area contributed by atoms with Crippen molar-refractivity contribution in [2.45, 2.75) is 24.2 Å². The summed E-state index contributed by atoms with van der Waals surface area (Å²) in [6.45, 7) is 1.27. The van der Waals surface area contributed by atoms with E-state index in [1.807, 2.05) is 0 Å². The molecule has 3 heterocycles. The van der Waals surface area contributed by atoms with Crippen LogP contribution < -0.4 is 5.32 Å². The van der Waals surface area contributed by atoms with Crippen molar-refractivity contribution >= 4 is 27.4 Å². The normalized spacial score (nSPS) is 13.1. The maximum atomic E-state index is 12.9. The van der Waals surface area contributed by atoms with Gasteiger partial charge >= 0.3 is 18.3 Å². The van der Waals surface area contributed by atoms with Crippen molar-refractivity contribution in [1.82, 2.24) is 25.1 Å². The van der Waals surface area contributed by atoms with Crippen molar-refractivity contribution in [2.24, 2.45) is 4.99 Å². The van der Waals surface area contributed by atoms with Gasteiger partial charge in [-0.05, 0) is 24.3 Å². The lowest BCUT2D eigenvalue weighted by molar-refractivity contribution is -0.171. The molecule has 1 N–H and O–H groups in total. The van der Waals surface area contributed by atoms with Crippen LogP contribution in [0.1, 0.15) is 18.2 Å². The highest BCUT2D eigenvalue weighted by atomic mass is 32.2. The lowest BCUT2D eigenvalue weighted by atomic mass is 10.2. The van der Waals surface area contributed by atoms with Crippen molar-refractivity contribution < 1.29 is 39.6 Å². The molecule has 0 unspecified atom stereocenters. The van der Waals surface area contributed by atoms with Crippen LogP contribution in [-0.4, -0.2) is 51.8 Å². The molecule has 0 saturated carbocycles. The molecule has 186 valence electrons. The minimum atomic E-state index is -5.40. The third-order valence-electron chi connectivity index (χ3n) is 4.34. The highest BCUT2D eigenvalue weighted by molar-refractivity contribution is 7.91. The van der Waals surface area contributed by atoms with Crippen LogP contribution in [0.2, 0.25) is 0 Å². The average Bonchev–Trinajstić information content (AvgIpc) is 3.32. The zero-order valence-corrected chi connectivity index (χ0v) is 18.3. The molecule has 0 bridgehead atoms. The molecule has 0 saturated heterocycles. The van der Waals surface area contributed by atoms with E-state index in [1.165, 1.54) is 35.4 Å². The summed E-state index contributed by atoms with van der Waals surface area (Å²) in [4.78, 5) is 22.0. The maximum absolute atomic E-state index is 12.9. The fourth-order valence-corrected chi connectivity index (χ4v) is 3.66. The van der Waals surface area contributed by atoms with Gasteiger partial charge < -0.3 is 5.32 Å². The van der Waals surface area contributed by atoms with Crippen LogP contribution in [0.5, 0.6) is 0 Å². The van der Waals surface area contributed by atoms with Crippen molar-refractivity contribution in [1.29, 1.82) is 0 Å². The molecule has 9 nitrogen and oxygen atoms in total. The number of alkyl halides is 6. The number of pyridine rings is 2. The number of hydrogen-bond acceptors (Lipinski definition) is 7. The van der Waals surface area contributed by atoms with E-state index < -0.39 is 61.7 Å². The Morgan fingerprint density at radius 3 is 2.34 bits per heavy atom. The molecule has 16 heteroatoms. The fourth-order valence-electron chi connectivity index (χ4n) is 2.60. The number of aliphatic imine (C=N–C) groups is 1. The standard InChI is InChI=1S/C19H14F6N6O3S/c1-2-35(33,34)13-8-12(31-7-3-6-28-31)10-27-15(13)16(30-17(32)19(23,24)25)29-14-5-4-11(9-26-14)18(20,21)22/h3-10H,2H2,1H3,(H,26,29,30,32). The lowest BCUT2D eigenvalue weighted by Gasteiger charge is -2.15. The Labute approximate surface area is 193 Å². The molecule has 0 aliphatic rings. The van der Waals surface area contributed by atoms with Gasteiger partial charge in [0.05, 0.1) is 28.1 Å². The summed E-state index contributed by atoms with van der Waals surface area (Å²) in [5.74, 6) is -4.55. The quantitative estimate of drug-likeness (QED) is 0.314. The predicted molar refractivity (Wildman–Crippen MR) is 109 cm³/mol. The minimum Gasteiger partial charge on any atom is -0.301 e. The van der Waals surface area contributed by atoms with Gasteiger partial charge in [-0.3, -0.25) is 4.79 Å². The number of carbonyl (C=O) groups excluding carboxylic acids is 1. The summed E-state index contributed by atoms with van der Waals surface area (Å²) < 4.78 is 104. The minimum absolute atomic E-state index is 0.125. The Morgan fingerprint density at radius 2 is 1.83 bits per heavy atom. The van der Waals surface area contributed by atoms with Crippen molar-refractivity contribution in [3.05, 3.63) is 60.3 Å². The first-order valence-electron chi connectivity index (χ1n) is 9.45. The van der Waals surface area contributed by atoms with Crippen LogP contribution in [-0.2, 0) is 20.8 Å². The fraction of sp³-hybridized carbons (Fsp3) is 0.211. The van der Waals surface area contributed by atoms with Gasteiger partial charge in [0.2, 0.25) is 0 Å². The Hall–Kier alpha value is -3.82. The number of sulfone groups is 1. The summed E-state index contributed by atoms with van der Waals surface area (Å²) in [5, 5.41) is 5.35. The second-order valence-corrected chi connectivity index (χ2v) is 8.96. The van der Waals surface area contributed by atoms with E-state index in [0.29, 0.717) is 12.3 Å². The zero-order valence-electron chi connectivity index (χ0n) is 17.5. The molecule has 0 atom stereocenters. The van der Waals surface area contributed by atoms with Gasteiger partial charge in [-0.1, -0.05) is 6.92 Å². The summed E-state index contributed by atoms with van der Waals surface area (Å²) in [7, 11) is -4.16. The number of rotatable bonds is 5. The molecule has 0 radical (unpaired) electrons.